The van der Waals surface area contributed by atoms with Gasteiger partial charge >= 0.3 is 19.5 Å². The van der Waals surface area contributed by atoms with Gasteiger partial charge in [0.25, 0.3) is 0 Å². The second-order valence-corrected chi connectivity index (χ2v) is 5.69. The fraction of sp³-hybridized carbons (Fsp3) is 1.00. The normalized spacial score (nSPS) is 49.0. The third-order valence-electron chi connectivity index (χ3n) is 4.31. The molecule has 0 aliphatic heterocycles. The van der Waals surface area contributed by atoms with Crippen LogP contribution in [0.4, 0.5) is 0 Å². The molecule has 3 rings (SSSR count). The molecular formula is C10H21RhS. The molecule has 3 saturated carbocycles. The first kappa shape index (κ1) is 11.1. The Morgan fingerprint density at radius 2 is 1.83 bits per heavy atom. The molecule has 0 nitrogen and oxygen atoms in total. The van der Waals surface area contributed by atoms with E-state index in [1.54, 1.807) is 0 Å². The molecule has 0 N–H and O–H groups in total. The van der Waals surface area contributed by atoms with Crippen LogP contribution in [0, 0.1) is 23.2 Å². The van der Waals surface area contributed by atoms with Crippen LogP contribution >= 0.6 is 12.6 Å². The van der Waals surface area contributed by atoms with Crippen molar-refractivity contribution in [3.63, 3.8) is 0 Å². The van der Waals surface area contributed by atoms with Crippen LogP contribution in [0.3, 0.4) is 0 Å². The number of rotatable bonds is 0. The summed E-state index contributed by atoms with van der Waals surface area (Å²) in [6, 6.07) is 0. The SMILES string of the molecule is CC1C(S)CC2CC1C2(C)C.[RhH3]. The van der Waals surface area contributed by atoms with Gasteiger partial charge in [-0.05, 0) is 36.0 Å². The Labute approximate surface area is 94.1 Å². The molecule has 0 amide bonds. The van der Waals surface area contributed by atoms with Crippen molar-refractivity contribution in [2.45, 2.75) is 38.9 Å². The Kier molecular flexibility index (Phi) is 3.02. The molecule has 1 radical (unpaired) electrons. The van der Waals surface area contributed by atoms with Crippen molar-refractivity contribution in [1.29, 1.82) is 0 Å². The zero-order valence-electron chi connectivity index (χ0n) is 8.08. The molecular weight excluding hydrogens is 255 g/mol. The second kappa shape index (κ2) is 3.28. The minimum atomic E-state index is 0. The van der Waals surface area contributed by atoms with E-state index in [0.717, 1.165) is 17.8 Å². The fourth-order valence-corrected chi connectivity index (χ4v) is 3.59. The van der Waals surface area contributed by atoms with Crippen molar-refractivity contribution in [3.05, 3.63) is 0 Å². The third kappa shape index (κ3) is 1.30. The summed E-state index contributed by atoms with van der Waals surface area (Å²) in [5.74, 6) is 2.79. The predicted molar refractivity (Wildman–Crippen MR) is 56.1 cm³/mol. The Hall–Kier alpha value is 0.973. The van der Waals surface area contributed by atoms with Crippen LogP contribution in [0.1, 0.15) is 33.6 Å². The molecule has 3 aliphatic rings. The Morgan fingerprint density at radius 3 is 2.17 bits per heavy atom. The topological polar surface area (TPSA) is 0 Å². The first-order valence-electron chi connectivity index (χ1n) is 4.71. The Bertz CT molecular complexity index is 179. The molecule has 3 fully saturated rings. The van der Waals surface area contributed by atoms with E-state index in [4.69, 9.17) is 0 Å². The van der Waals surface area contributed by atoms with Gasteiger partial charge in [0.15, 0.2) is 0 Å². The van der Waals surface area contributed by atoms with Gasteiger partial charge < -0.3 is 0 Å². The summed E-state index contributed by atoms with van der Waals surface area (Å²) in [6.07, 6.45) is 2.83. The molecule has 4 unspecified atom stereocenters. The van der Waals surface area contributed by atoms with E-state index in [1.807, 2.05) is 0 Å². The molecule has 0 aromatic heterocycles. The first-order valence-corrected chi connectivity index (χ1v) is 5.23. The number of hydrogen-bond acceptors (Lipinski definition) is 1. The fourth-order valence-electron chi connectivity index (χ4n) is 3.12. The summed E-state index contributed by atoms with van der Waals surface area (Å²) in [5.41, 5.74) is 0.638. The van der Waals surface area contributed by atoms with E-state index in [9.17, 15) is 0 Å². The third-order valence-corrected chi connectivity index (χ3v) is 5.00. The number of fused-ring (bicyclic) bond motifs is 2. The first-order chi connectivity index (χ1) is 5.03. The summed E-state index contributed by atoms with van der Waals surface area (Å²) in [7, 11) is 0. The van der Waals surface area contributed by atoms with Gasteiger partial charge in [0.05, 0.1) is 0 Å². The van der Waals surface area contributed by atoms with Crippen molar-refractivity contribution in [2.75, 3.05) is 0 Å². The molecule has 2 bridgehead atoms. The number of thiol groups is 1. The van der Waals surface area contributed by atoms with Crippen LogP contribution < -0.4 is 0 Å². The van der Waals surface area contributed by atoms with E-state index in [-0.39, 0.29) is 19.5 Å². The van der Waals surface area contributed by atoms with Crippen LogP contribution in [0.2, 0.25) is 0 Å². The van der Waals surface area contributed by atoms with E-state index < -0.39 is 0 Å². The van der Waals surface area contributed by atoms with Gasteiger partial charge in [0.2, 0.25) is 0 Å². The van der Waals surface area contributed by atoms with Gasteiger partial charge in [-0.25, -0.2) is 0 Å². The summed E-state index contributed by atoms with van der Waals surface area (Å²) in [4.78, 5) is 0. The van der Waals surface area contributed by atoms with Crippen molar-refractivity contribution in [1.82, 2.24) is 0 Å². The van der Waals surface area contributed by atoms with Crippen LogP contribution in [0.25, 0.3) is 0 Å². The van der Waals surface area contributed by atoms with Gasteiger partial charge in [-0.15, -0.1) is 0 Å². The summed E-state index contributed by atoms with van der Waals surface area (Å²) in [6.45, 7) is 7.24. The van der Waals surface area contributed by atoms with E-state index in [2.05, 4.69) is 33.4 Å². The van der Waals surface area contributed by atoms with E-state index >= 15 is 0 Å². The van der Waals surface area contributed by atoms with E-state index in [1.165, 1.54) is 12.8 Å². The molecule has 0 aromatic rings. The minimum absolute atomic E-state index is 0. The molecule has 2 heteroatoms. The summed E-state index contributed by atoms with van der Waals surface area (Å²) < 4.78 is 0. The average Bonchev–Trinajstić information content (AvgIpc) is 1.93. The molecule has 0 heterocycles. The quantitative estimate of drug-likeness (QED) is 0.509. The molecule has 12 heavy (non-hydrogen) atoms. The van der Waals surface area contributed by atoms with Gasteiger partial charge in [-0.1, -0.05) is 20.8 Å². The molecule has 0 aromatic carbocycles. The van der Waals surface area contributed by atoms with Gasteiger partial charge in [-0.3, -0.25) is 0 Å². The molecule has 3 aliphatic carbocycles. The Morgan fingerprint density at radius 1 is 1.25 bits per heavy atom. The van der Waals surface area contributed by atoms with Crippen molar-refractivity contribution < 1.29 is 19.5 Å². The standard InChI is InChI=1S/C10H18S.Rh.3H/c1-6-8-4-7(5-9(6)11)10(8,2)3;;;;/h6-9,11H,4-5H2,1-3H3;;;;. The van der Waals surface area contributed by atoms with Crippen LogP contribution in [-0.2, 0) is 19.5 Å². The van der Waals surface area contributed by atoms with Crippen LogP contribution in [0.5, 0.6) is 0 Å². The van der Waals surface area contributed by atoms with Crippen molar-refractivity contribution >= 4 is 12.6 Å². The van der Waals surface area contributed by atoms with Crippen molar-refractivity contribution in [3.8, 4) is 0 Å². The van der Waals surface area contributed by atoms with Crippen molar-refractivity contribution in [2.24, 2.45) is 23.2 Å². The van der Waals surface area contributed by atoms with Gasteiger partial charge in [0.1, 0.15) is 0 Å². The zero-order chi connectivity index (χ0) is 8.22. The monoisotopic (exact) mass is 276 g/mol. The van der Waals surface area contributed by atoms with E-state index in [0.29, 0.717) is 10.7 Å². The van der Waals surface area contributed by atoms with Crippen LogP contribution in [0.15, 0.2) is 0 Å². The predicted octanol–water partition coefficient (Wildman–Crippen LogP) is 2.18. The zero-order valence-corrected chi connectivity index (χ0v) is 11.0. The molecule has 0 spiro atoms. The summed E-state index contributed by atoms with van der Waals surface area (Å²) in [5, 5.41) is 0.687. The molecule has 4 atom stereocenters. The summed E-state index contributed by atoms with van der Waals surface area (Å²) >= 11 is 4.62. The second-order valence-electron chi connectivity index (χ2n) is 5.02. The van der Waals surface area contributed by atoms with Crippen LogP contribution in [-0.4, -0.2) is 5.25 Å². The Balaban J connectivity index is 0.000000720. The molecule has 76 valence electrons. The maximum absolute atomic E-state index is 4.62. The number of hydrogen-bond donors (Lipinski definition) is 1. The van der Waals surface area contributed by atoms with Gasteiger partial charge in [0, 0.05) is 5.25 Å². The molecule has 0 saturated heterocycles. The van der Waals surface area contributed by atoms with Gasteiger partial charge in [-0.2, -0.15) is 12.6 Å². The maximum atomic E-state index is 4.62. The average molecular weight is 276 g/mol.